The zero-order valence-electron chi connectivity index (χ0n) is 16.7. The van der Waals surface area contributed by atoms with E-state index in [0.29, 0.717) is 23.0 Å². The van der Waals surface area contributed by atoms with E-state index in [1.807, 2.05) is 42.5 Å². The van der Waals surface area contributed by atoms with Crippen LogP contribution in [-0.2, 0) is 12.1 Å². The van der Waals surface area contributed by atoms with E-state index in [0.717, 1.165) is 47.4 Å². The van der Waals surface area contributed by atoms with Crippen molar-refractivity contribution in [1.82, 2.24) is 10.3 Å². The highest BCUT2D eigenvalue weighted by atomic mass is 35.5. The maximum absolute atomic E-state index is 13.6. The van der Waals surface area contributed by atoms with E-state index in [-0.39, 0.29) is 23.9 Å². The van der Waals surface area contributed by atoms with E-state index >= 15 is 0 Å². The van der Waals surface area contributed by atoms with Gasteiger partial charge in [0, 0.05) is 45.5 Å². The van der Waals surface area contributed by atoms with Crippen LogP contribution >= 0.6 is 12.4 Å². The van der Waals surface area contributed by atoms with E-state index in [1.54, 1.807) is 0 Å². The van der Waals surface area contributed by atoms with Crippen LogP contribution in [0.15, 0.2) is 54.6 Å². The zero-order chi connectivity index (χ0) is 20.9. The summed E-state index contributed by atoms with van der Waals surface area (Å²) in [4.78, 5) is 15.6. The fourth-order valence-corrected chi connectivity index (χ4v) is 4.14. The van der Waals surface area contributed by atoms with Gasteiger partial charge in [-0.2, -0.15) is 0 Å². The maximum Gasteiger partial charge on any atom is 0.251 e. The molecule has 1 fully saturated rings. The van der Waals surface area contributed by atoms with E-state index in [9.17, 15) is 13.6 Å². The van der Waals surface area contributed by atoms with Crippen LogP contribution in [0.4, 0.5) is 8.78 Å². The fraction of sp³-hybridized carbons (Fsp3) is 0.208. The van der Waals surface area contributed by atoms with Crippen molar-refractivity contribution in [2.45, 2.75) is 31.3 Å². The van der Waals surface area contributed by atoms with Gasteiger partial charge in [0.25, 0.3) is 5.91 Å². The third-order valence-electron chi connectivity index (χ3n) is 6.12. The Morgan fingerprint density at radius 2 is 1.65 bits per heavy atom. The minimum atomic E-state index is -0.884. The van der Waals surface area contributed by atoms with Gasteiger partial charge in [-0.25, -0.2) is 8.78 Å². The van der Waals surface area contributed by atoms with Gasteiger partial charge in [0.15, 0.2) is 11.6 Å². The summed E-state index contributed by atoms with van der Waals surface area (Å²) in [6, 6.07) is 15.4. The van der Waals surface area contributed by atoms with Gasteiger partial charge in [-0.15, -0.1) is 12.4 Å². The molecule has 0 unspecified atom stereocenters. The number of aromatic amines is 1. The molecule has 0 atom stereocenters. The SMILES string of the molecule is Cl.NC1(c2ccc(C(=O)NCc3ccc4c(c3)[nH]c3cc(F)c(F)cc34)cc2)CCC1. The van der Waals surface area contributed by atoms with Crippen LogP contribution in [0, 0.1) is 11.6 Å². The number of halogens is 3. The molecule has 1 amide bonds. The van der Waals surface area contributed by atoms with Gasteiger partial charge in [-0.05, 0) is 54.7 Å². The van der Waals surface area contributed by atoms with Gasteiger partial charge in [0.2, 0.25) is 0 Å². The van der Waals surface area contributed by atoms with Crippen molar-refractivity contribution < 1.29 is 13.6 Å². The van der Waals surface area contributed by atoms with Crippen LogP contribution < -0.4 is 11.1 Å². The average molecular weight is 442 g/mol. The number of aromatic nitrogens is 1. The summed E-state index contributed by atoms with van der Waals surface area (Å²) in [7, 11) is 0. The van der Waals surface area contributed by atoms with Crippen molar-refractivity contribution in [2.24, 2.45) is 5.73 Å². The first-order valence-electron chi connectivity index (χ1n) is 10.00. The number of nitrogens with one attached hydrogen (secondary N) is 2. The number of hydrogen-bond donors (Lipinski definition) is 3. The molecule has 1 aromatic heterocycles. The largest absolute Gasteiger partial charge is 0.354 e. The summed E-state index contributed by atoms with van der Waals surface area (Å²) in [5.41, 5.74) is 9.93. The highest BCUT2D eigenvalue weighted by Crippen LogP contribution is 2.38. The minimum Gasteiger partial charge on any atom is -0.354 e. The molecule has 0 saturated heterocycles. The number of amides is 1. The molecule has 1 aliphatic rings. The molecule has 0 bridgehead atoms. The quantitative estimate of drug-likeness (QED) is 0.402. The molecule has 0 aliphatic heterocycles. The second-order valence-electron chi connectivity index (χ2n) is 8.09. The number of carbonyl (C=O) groups excluding carboxylic acids is 1. The molecule has 1 saturated carbocycles. The lowest BCUT2D eigenvalue weighted by molar-refractivity contribution is 0.0951. The molecule has 1 heterocycles. The molecule has 0 radical (unpaired) electrons. The summed E-state index contributed by atoms with van der Waals surface area (Å²) in [5, 5.41) is 4.35. The van der Waals surface area contributed by atoms with Gasteiger partial charge < -0.3 is 16.0 Å². The average Bonchev–Trinajstić information content (AvgIpc) is 3.07. The van der Waals surface area contributed by atoms with Crippen LogP contribution in [0.5, 0.6) is 0 Å². The lowest BCUT2D eigenvalue weighted by Gasteiger charge is -2.38. The molecule has 160 valence electrons. The smallest absolute Gasteiger partial charge is 0.251 e. The Bertz CT molecular complexity index is 1280. The normalized spacial score (nSPS) is 14.8. The van der Waals surface area contributed by atoms with Crippen LogP contribution in [0.1, 0.15) is 40.7 Å². The standard InChI is InChI=1S/C24H21F2N3O.ClH/c25-19-11-18-17-7-2-14(10-21(17)29-22(18)12-20(19)26)13-28-23(30)15-3-5-16(6-4-15)24(27)8-1-9-24;/h2-7,10-12,29H,1,8-9,13,27H2,(H,28,30);1H. The molecule has 7 heteroatoms. The van der Waals surface area contributed by atoms with E-state index in [4.69, 9.17) is 5.73 Å². The minimum absolute atomic E-state index is 0. The Morgan fingerprint density at radius 3 is 2.32 bits per heavy atom. The number of fused-ring (bicyclic) bond motifs is 3. The van der Waals surface area contributed by atoms with Crippen LogP contribution in [-0.4, -0.2) is 10.9 Å². The van der Waals surface area contributed by atoms with Crippen LogP contribution in [0.2, 0.25) is 0 Å². The van der Waals surface area contributed by atoms with E-state index in [1.165, 1.54) is 6.07 Å². The Hall–Kier alpha value is -2.96. The Labute approximate surface area is 184 Å². The molecular weight excluding hydrogens is 420 g/mol. The third kappa shape index (κ3) is 3.77. The number of carbonyl (C=O) groups is 1. The Kier molecular flexibility index (Phi) is 5.45. The Balaban J connectivity index is 0.00000231. The van der Waals surface area contributed by atoms with Crippen molar-refractivity contribution in [3.8, 4) is 0 Å². The van der Waals surface area contributed by atoms with Crippen molar-refractivity contribution in [3.05, 3.63) is 82.9 Å². The first kappa shape index (κ1) is 21.3. The highest BCUT2D eigenvalue weighted by molar-refractivity contribution is 6.07. The fourth-order valence-electron chi connectivity index (χ4n) is 4.14. The number of rotatable bonds is 4. The zero-order valence-corrected chi connectivity index (χ0v) is 17.5. The second-order valence-corrected chi connectivity index (χ2v) is 8.09. The summed E-state index contributed by atoms with van der Waals surface area (Å²) >= 11 is 0. The van der Waals surface area contributed by atoms with E-state index < -0.39 is 11.6 Å². The molecule has 4 N–H and O–H groups in total. The highest BCUT2D eigenvalue weighted by Gasteiger charge is 2.34. The van der Waals surface area contributed by atoms with Crippen molar-refractivity contribution in [2.75, 3.05) is 0 Å². The second kappa shape index (κ2) is 7.94. The maximum atomic E-state index is 13.6. The Morgan fingerprint density at radius 1 is 0.968 bits per heavy atom. The topological polar surface area (TPSA) is 70.9 Å². The van der Waals surface area contributed by atoms with Crippen LogP contribution in [0.3, 0.4) is 0 Å². The molecule has 5 rings (SSSR count). The van der Waals surface area contributed by atoms with Crippen molar-refractivity contribution >= 4 is 40.1 Å². The molecular formula is C24H22ClF2N3O. The number of nitrogens with two attached hydrogens (primary N) is 1. The third-order valence-corrected chi connectivity index (χ3v) is 6.12. The first-order chi connectivity index (χ1) is 14.4. The van der Waals surface area contributed by atoms with Crippen molar-refractivity contribution in [3.63, 3.8) is 0 Å². The monoisotopic (exact) mass is 441 g/mol. The van der Waals surface area contributed by atoms with Crippen LogP contribution in [0.25, 0.3) is 21.8 Å². The molecule has 31 heavy (non-hydrogen) atoms. The summed E-state index contributed by atoms with van der Waals surface area (Å²) < 4.78 is 27.1. The molecule has 4 nitrogen and oxygen atoms in total. The van der Waals surface area contributed by atoms with Gasteiger partial charge in [0.1, 0.15) is 0 Å². The number of hydrogen-bond acceptors (Lipinski definition) is 2. The number of benzene rings is 3. The van der Waals surface area contributed by atoms with Gasteiger partial charge in [0.05, 0.1) is 0 Å². The molecule has 4 aromatic rings. The predicted molar refractivity (Wildman–Crippen MR) is 120 cm³/mol. The summed E-state index contributed by atoms with van der Waals surface area (Å²) in [6.45, 7) is 0.343. The lowest BCUT2D eigenvalue weighted by atomic mass is 9.73. The molecule has 3 aromatic carbocycles. The van der Waals surface area contributed by atoms with Crippen molar-refractivity contribution in [1.29, 1.82) is 0 Å². The molecule has 1 aliphatic carbocycles. The predicted octanol–water partition coefficient (Wildman–Crippen LogP) is 5.29. The van der Waals surface area contributed by atoms with E-state index in [2.05, 4.69) is 10.3 Å². The van der Waals surface area contributed by atoms with Gasteiger partial charge >= 0.3 is 0 Å². The molecule has 0 spiro atoms. The first-order valence-corrected chi connectivity index (χ1v) is 10.00. The van der Waals surface area contributed by atoms with Gasteiger partial charge in [-0.1, -0.05) is 24.3 Å². The summed E-state index contributed by atoms with van der Waals surface area (Å²) in [5.74, 6) is -1.92. The number of H-pyrrole nitrogens is 1. The summed E-state index contributed by atoms with van der Waals surface area (Å²) in [6.07, 6.45) is 3.10. The lowest BCUT2D eigenvalue weighted by Crippen LogP contribution is -2.43. The van der Waals surface area contributed by atoms with Gasteiger partial charge in [-0.3, -0.25) is 4.79 Å².